The number of amides is 1. The lowest BCUT2D eigenvalue weighted by Gasteiger charge is -2.05. The van der Waals surface area contributed by atoms with Gasteiger partial charge >= 0.3 is 5.97 Å². The Hall–Kier alpha value is -1.92. The topological polar surface area (TPSA) is 79.3 Å². The molecule has 0 saturated carbocycles. The molecule has 1 heterocycles. The van der Waals surface area contributed by atoms with Gasteiger partial charge in [0, 0.05) is 16.2 Å². The van der Waals surface area contributed by atoms with Crippen molar-refractivity contribution in [3.8, 4) is 0 Å². The van der Waals surface area contributed by atoms with Crippen LogP contribution in [0.15, 0.2) is 41.0 Å². The fraction of sp³-hybridized carbons (Fsp3) is 0. The van der Waals surface area contributed by atoms with Crippen LogP contribution in [0.5, 0.6) is 0 Å². The highest BCUT2D eigenvalue weighted by molar-refractivity contribution is 9.10. The van der Waals surface area contributed by atoms with E-state index in [1.807, 2.05) is 0 Å². The zero-order chi connectivity index (χ0) is 14.7. The molecule has 2 aromatic rings. The molecule has 0 saturated heterocycles. The molecule has 0 spiro atoms. The van der Waals surface area contributed by atoms with E-state index in [2.05, 4.69) is 26.2 Å². The Morgan fingerprint density at radius 1 is 1.20 bits per heavy atom. The van der Waals surface area contributed by atoms with Gasteiger partial charge in [-0.1, -0.05) is 11.6 Å². The van der Waals surface area contributed by atoms with Crippen LogP contribution in [0.25, 0.3) is 0 Å². The van der Waals surface area contributed by atoms with Gasteiger partial charge in [0.2, 0.25) is 0 Å². The lowest BCUT2D eigenvalue weighted by molar-refractivity contribution is 0.0696. The minimum Gasteiger partial charge on any atom is -0.478 e. The molecule has 7 heteroatoms. The van der Waals surface area contributed by atoms with Crippen LogP contribution in [0.3, 0.4) is 0 Å². The van der Waals surface area contributed by atoms with Gasteiger partial charge in [-0.2, -0.15) is 0 Å². The number of hydrogen-bond acceptors (Lipinski definition) is 3. The van der Waals surface area contributed by atoms with Crippen molar-refractivity contribution < 1.29 is 14.7 Å². The quantitative estimate of drug-likeness (QED) is 0.884. The van der Waals surface area contributed by atoms with E-state index in [4.69, 9.17) is 16.7 Å². The van der Waals surface area contributed by atoms with E-state index in [-0.39, 0.29) is 17.3 Å². The highest BCUT2D eigenvalue weighted by Gasteiger charge is 2.09. The molecule has 102 valence electrons. The Kier molecular flexibility index (Phi) is 4.36. The van der Waals surface area contributed by atoms with Crippen molar-refractivity contribution in [1.29, 1.82) is 0 Å². The predicted octanol–water partition coefficient (Wildman–Crippen LogP) is 3.45. The number of aromatic nitrogens is 1. The fourth-order valence-corrected chi connectivity index (χ4v) is 1.92. The Morgan fingerprint density at radius 2 is 1.90 bits per heavy atom. The van der Waals surface area contributed by atoms with Crippen molar-refractivity contribution in [1.82, 2.24) is 4.98 Å². The molecule has 0 aliphatic carbocycles. The Labute approximate surface area is 127 Å². The average Bonchev–Trinajstić information content (AvgIpc) is 2.42. The second-order valence-electron chi connectivity index (χ2n) is 3.82. The molecule has 2 N–H and O–H groups in total. The number of hydrogen-bond donors (Lipinski definition) is 2. The molecule has 0 radical (unpaired) electrons. The second-order valence-corrected chi connectivity index (χ2v) is 5.08. The highest BCUT2D eigenvalue weighted by Crippen LogP contribution is 2.23. The monoisotopic (exact) mass is 354 g/mol. The number of rotatable bonds is 3. The summed E-state index contributed by atoms with van der Waals surface area (Å²) < 4.78 is 0.612. The zero-order valence-corrected chi connectivity index (χ0v) is 12.3. The Bertz CT molecular complexity index is 674. The summed E-state index contributed by atoms with van der Waals surface area (Å²) in [5, 5.41) is 11.8. The number of carbonyl (C=O) groups excluding carboxylic acids is 1. The number of anilines is 1. The van der Waals surface area contributed by atoms with Crippen LogP contribution in [-0.4, -0.2) is 22.0 Å². The summed E-state index contributed by atoms with van der Waals surface area (Å²) in [4.78, 5) is 26.5. The summed E-state index contributed by atoms with van der Waals surface area (Å²) in [7, 11) is 0. The number of nitrogens with one attached hydrogen (secondary N) is 1. The van der Waals surface area contributed by atoms with Crippen molar-refractivity contribution >= 4 is 45.2 Å². The SMILES string of the molecule is O=C(O)c1ccc(NC(=O)c2ccc(Cl)c(Br)c2)nc1. The van der Waals surface area contributed by atoms with Crippen molar-refractivity contribution in [3.63, 3.8) is 0 Å². The number of aromatic carboxylic acids is 1. The molecular weight excluding hydrogens is 348 g/mol. The van der Waals surface area contributed by atoms with Crippen molar-refractivity contribution in [2.24, 2.45) is 0 Å². The molecule has 1 aromatic carbocycles. The minimum atomic E-state index is -1.07. The number of carboxylic acids is 1. The minimum absolute atomic E-state index is 0.0530. The molecule has 0 atom stereocenters. The standard InChI is InChI=1S/C13H8BrClN2O3/c14-9-5-7(1-3-10(9)15)12(18)17-11-4-2-8(6-16-11)13(19)20/h1-6H,(H,19,20)(H,16,17,18). The first-order valence-corrected chi connectivity index (χ1v) is 6.60. The van der Waals surface area contributed by atoms with Crippen molar-refractivity contribution in [3.05, 3.63) is 57.2 Å². The smallest absolute Gasteiger partial charge is 0.337 e. The van der Waals surface area contributed by atoms with E-state index in [9.17, 15) is 9.59 Å². The summed E-state index contributed by atoms with van der Waals surface area (Å²) >= 11 is 9.08. The maximum absolute atomic E-state index is 12.0. The van der Waals surface area contributed by atoms with E-state index in [0.717, 1.165) is 0 Å². The van der Waals surface area contributed by atoms with Gasteiger partial charge in [0.15, 0.2) is 0 Å². The molecule has 0 aliphatic rings. The first kappa shape index (κ1) is 14.5. The van der Waals surface area contributed by atoms with Gasteiger partial charge in [-0.3, -0.25) is 4.79 Å². The van der Waals surface area contributed by atoms with Gasteiger partial charge in [-0.05, 0) is 46.3 Å². The molecule has 0 fully saturated rings. The van der Waals surface area contributed by atoms with Crippen LogP contribution in [-0.2, 0) is 0 Å². The summed E-state index contributed by atoms with van der Waals surface area (Å²) in [6.45, 7) is 0. The van der Waals surface area contributed by atoms with Gasteiger partial charge in [0.05, 0.1) is 10.6 Å². The maximum Gasteiger partial charge on any atom is 0.337 e. The average molecular weight is 356 g/mol. The molecule has 1 aromatic heterocycles. The van der Waals surface area contributed by atoms with Crippen molar-refractivity contribution in [2.75, 3.05) is 5.32 Å². The molecule has 0 unspecified atom stereocenters. The highest BCUT2D eigenvalue weighted by atomic mass is 79.9. The number of nitrogens with zero attached hydrogens (tertiary/aromatic N) is 1. The Morgan fingerprint density at radius 3 is 2.45 bits per heavy atom. The molecule has 2 rings (SSSR count). The third-order valence-electron chi connectivity index (χ3n) is 2.43. The van der Waals surface area contributed by atoms with E-state index >= 15 is 0 Å². The Balaban J connectivity index is 2.14. The third-order valence-corrected chi connectivity index (χ3v) is 3.65. The summed E-state index contributed by atoms with van der Waals surface area (Å²) in [6, 6.07) is 7.55. The van der Waals surface area contributed by atoms with E-state index in [0.29, 0.717) is 15.1 Å². The second kappa shape index (κ2) is 6.02. The first-order valence-electron chi connectivity index (χ1n) is 5.43. The van der Waals surface area contributed by atoms with Gasteiger partial charge in [-0.15, -0.1) is 0 Å². The summed E-state index contributed by atoms with van der Waals surface area (Å²) in [6.07, 6.45) is 1.18. The summed E-state index contributed by atoms with van der Waals surface area (Å²) in [5.74, 6) is -1.17. The van der Waals surface area contributed by atoms with Crippen LogP contribution >= 0.6 is 27.5 Å². The normalized spacial score (nSPS) is 10.1. The lowest BCUT2D eigenvalue weighted by Crippen LogP contribution is -2.13. The first-order chi connectivity index (χ1) is 9.47. The molecule has 20 heavy (non-hydrogen) atoms. The van der Waals surface area contributed by atoms with E-state index in [1.165, 1.54) is 18.3 Å². The fourth-order valence-electron chi connectivity index (χ4n) is 1.42. The number of pyridine rings is 1. The third kappa shape index (κ3) is 3.34. The van der Waals surface area contributed by atoms with Gasteiger partial charge < -0.3 is 10.4 Å². The van der Waals surface area contributed by atoms with Gasteiger partial charge in [0.1, 0.15) is 5.82 Å². The molecule has 0 bridgehead atoms. The van der Waals surface area contributed by atoms with Crippen molar-refractivity contribution in [2.45, 2.75) is 0 Å². The van der Waals surface area contributed by atoms with Crippen LogP contribution in [0.4, 0.5) is 5.82 Å². The van der Waals surface area contributed by atoms with Crippen LogP contribution in [0, 0.1) is 0 Å². The molecule has 1 amide bonds. The van der Waals surface area contributed by atoms with Gasteiger partial charge in [0.25, 0.3) is 5.91 Å². The lowest BCUT2D eigenvalue weighted by atomic mass is 10.2. The van der Waals surface area contributed by atoms with Crippen LogP contribution < -0.4 is 5.32 Å². The summed E-state index contributed by atoms with van der Waals surface area (Å²) in [5.41, 5.74) is 0.461. The van der Waals surface area contributed by atoms with E-state index < -0.39 is 5.97 Å². The van der Waals surface area contributed by atoms with Crippen LogP contribution in [0.1, 0.15) is 20.7 Å². The van der Waals surface area contributed by atoms with Crippen LogP contribution in [0.2, 0.25) is 5.02 Å². The largest absolute Gasteiger partial charge is 0.478 e. The zero-order valence-electron chi connectivity index (χ0n) is 9.93. The van der Waals surface area contributed by atoms with Gasteiger partial charge in [-0.25, -0.2) is 9.78 Å². The predicted molar refractivity (Wildman–Crippen MR) is 78.3 cm³/mol. The molecule has 0 aliphatic heterocycles. The van der Waals surface area contributed by atoms with E-state index in [1.54, 1.807) is 18.2 Å². The number of carbonyl (C=O) groups is 2. The number of benzene rings is 1. The number of carboxylic acid groups (broad SMARTS) is 1. The molecule has 5 nitrogen and oxygen atoms in total. The number of halogens is 2. The molecular formula is C13H8BrClN2O3. The maximum atomic E-state index is 12.0.